The van der Waals surface area contributed by atoms with Gasteiger partial charge >= 0.3 is 0 Å². The van der Waals surface area contributed by atoms with Gasteiger partial charge in [0.1, 0.15) is 11.5 Å². The van der Waals surface area contributed by atoms with E-state index in [-0.39, 0.29) is 17.5 Å². The Kier molecular flexibility index (Phi) is 4.20. The first-order valence-electron chi connectivity index (χ1n) is 6.51. The lowest BCUT2D eigenvalue weighted by Gasteiger charge is -2.07. The van der Waals surface area contributed by atoms with E-state index < -0.39 is 5.82 Å². The van der Waals surface area contributed by atoms with Crippen molar-refractivity contribution in [2.75, 3.05) is 5.32 Å². The van der Waals surface area contributed by atoms with E-state index in [1.54, 1.807) is 12.3 Å². The zero-order valence-corrected chi connectivity index (χ0v) is 12.1. The number of hydrogen-bond donors (Lipinski definition) is 1. The van der Waals surface area contributed by atoms with Crippen molar-refractivity contribution in [3.05, 3.63) is 65.6 Å². The van der Waals surface area contributed by atoms with Gasteiger partial charge in [-0.3, -0.25) is 0 Å². The first-order chi connectivity index (χ1) is 10.7. The highest BCUT2D eigenvalue weighted by Gasteiger charge is 2.07. The van der Waals surface area contributed by atoms with E-state index in [0.717, 1.165) is 11.8 Å². The average molecular weight is 316 g/mol. The molecule has 22 heavy (non-hydrogen) atoms. The normalized spacial score (nSPS) is 10.5. The Morgan fingerprint density at radius 3 is 2.68 bits per heavy atom. The molecule has 2 aromatic heterocycles. The van der Waals surface area contributed by atoms with Crippen molar-refractivity contribution in [2.45, 2.75) is 6.54 Å². The van der Waals surface area contributed by atoms with E-state index in [0.29, 0.717) is 11.6 Å². The van der Waals surface area contributed by atoms with Gasteiger partial charge in [-0.05, 0) is 17.7 Å². The summed E-state index contributed by atoms with van der Waals surface area (Å²) in [6.07, 6.45) is 2.68. The van der Waals surface area contributed by atoms with E-state index in [1.165, 1.54) is 0 Å². The van der Waals surface area contributed by atoms with E-state index in [9.17, 15) is 4.39 Å². The van der Waals surface area contributed by atoms with Gasteiger partial charge in [0, 0.05) is 11.8 Å². The lowest BCUT2D eigenvalue weighted by atomic mass is 10.2. The van der Waals surface area contributed by atoms with Crippen LogP contribution in [-0.4, -0.2) is 19.9 Å². The molecule has 3 rings (SSSR count). The number of nitrogens with zero attached hydrogens (tertiary/aromatic N) is 4. The van der Waals surface area contributed by atoms with E-state index in [4.69, 9.17) is 11.6 Å². The van der Waals surface area contributed by atoms with Crippen LogP contribution in [-0.2, 0) is 6.54 Å². The summed E-state index contributed by atoms with van der Waals surface area (Å²) in [6, 6.07) is 11.3. The summed E-state index contributed by atoms with van der Waals surface area (Å²) in [6.45, 7) is 0.152. The highest BCUT2D eigenvalue weighted by Crippen LogP contribution is 2.16. The largest absolute Gasteiger partial charge is 0.364 e. The minimum atomic E-state index is -0.519. The maximum atomic E-state index is 13.6. The fourth-order valence-electron chi connectivity index (χ4n) is 1.86. The maximum absolute atomic E-state index is 13.6. The zero-order chi connectivity index (χ0) is 15.4. The van der Waals surface area contributed by atoms with E-state index in [1.807, 2.05) is 30.3 Å². The number of anilines is 1. The maximum Gasteiger partial charge on any atom is 0.222 e. The molecule has 7 heteroatoms. The molecule has 0 spiro atoms. The summed E-state index contributed by atoms with van der Waals surface area (Å²) in [7, 11) is 0. The predicted molar refractivity (Wildman–Crippen MR) is 81.8 cm³/mol. The van der Waals surface area contributed by atoms with Crippen LogP contribution in [0.2, 0.25) is 5.28 Å². The number of benzene rings is 1. The smallest absolute Gasteiger partial charge is 0.222 e. The molecule has 0 aliphatic carbocycles. The number of aromatic nitrogens is 4. The number of hydrogen-bond acceptors (Lipinski definition) is 5. The van der Waals surface area contributed by atoms with Crippen LogP contribution >= 0.6 is 11.6 Å². The summed E-state index contributed by atoms with van der Waals surface area (Å²) >= 11 is 5.66. The van der Waals surface area contributed by atoms with Crippen molar-refractivity contribution in [2.24, 2.45) is 0 Å². The molecule has 1 N–H and O–H groups in total. The molecule has 5 nitrogen and oxygen atoms in total. The van der Waals surface area contributed by atoms with Gasteiger partial charge in [0.2, 0.25) is 5.28 Å². The highest BCUT2D eigenvalue weighted by atomic mass is 35.5. The molecular weight excluding hydrogens is 305 g/mol. The van der Waals surface area contributed by atoms with Crippen LogP contribution in [0.3, 0.4) is 0 Å². The molecule has 110 valence electrons. The van der Waals surface area contributed by atoms with Crippen LogP contribution in [0.4, 0.5) is 10.2 Å². The van der Waals surface area contributed by atoms with E-state index >= 15 is 0 Å². The van der Waals surface area contributed by atoms with Gasteiger partial charge in [-0.15, -0.1) is 0 Å². The summed E-state index contributed by atoms with van der Waals surface area (Å²) in [5, 5.41) is 3.00. The zero-order valence-electron chi connectivity index (χ0n) is 11.4. The second kappa shape index (κ2) is 6.44. The van der Waals surface area contributed by atoms with Gasteiger partial charge in [-0.25, -0.2) is 24.3 Å². The standard InChI is InChI=1S/C15H11ClFN5/c16-15-20-8-11(17)12(21-15)9-19-13-6-7-18-14(22-13)10-4-2-1-3-5-10/h1-8H,9H2,(H,18,19,22). The summed E-state index contributed by atoms with van der Waals surface area (Å²) < 4.78 is 13.6. The Bertz CT molecular complexity index is 782. The lowest BCUT2D eigenvalue weighted by molar-refractivity contribution is 0.594. The average Bonchev–Trinajstić information content (AvgIpc) is 2.57. The third kappa shape index (κ3) is 3.35. The summed E-state index contributed by atoms with van der Waals surface area (Å²) in [5.74, 6) is 0.643. The molecule has 0 atom stereocenters. The van der Waals surface area contributed by atoms with Crippen molar-refractivity contribution in [3.8, 4) is 11.4 Å². The molecule has 0 bridgehead atoms. The molecule has 0 aliphatic heterocycles. The molecule has 0 saturated heterocycles. The molecule has 0 fully saturated rings. The highest BCUT2D eigenvalue weighted by molar-refractivity contribution is 6.28. The second-order valence-electron chi connectivity index (χ2n) is 4.42. The Hall–Kier alpha value is -2.60. The fourth-order valence-corrected chi connectivity index (χ4v) is 2.01. The first-order valence-corrected chi connectivity index (χ1v) is 6.89. The van der Waals surface area contributed by atoms with Crippen molar-refractivity contribution in [1.29, 1.82) is 0 Å². The van der Waals surface area contributed by atoms with Crippen LogP contribution < -0.4 is 5.32 Å². The topological polar surface area (TPSA) is 63.6 Å². The lowest BCUT2D eigenvalue weighted by Crippen LogP contribution is -2.07. The van der Waals surface area contributed by atoms with Crippen molar-refractivity contribution >= 4 is 17.4 Å². The fraction of sp³-hybridized carbons (Fsp3) is 0.0667. The molecule has 0 unspecified atom stereocenters. The van der Waals surface area contributed by atoms with Gasteiger partial charge in [0.15, 0.2) is 11.6 Å². The summed E-state index contributed by atoms with van der Waals surface area (Å²) in [4.78, 5) is 16.0. The summed E-state index contributed by atoms with van der Waals surface area (Å²) in [5.41, 5.74) is 1.09. The van der Waals surface area contributed by atoms with Crippen molar-refractivity contribution in [3.63, 3.8) is 0 Å². The third-order valence-electron chi connectivity index (χ3n) is 2.91. The molecule has 0 radical (unpaired) electrons. The first kappa shape index (κ1) is 14.3. The number of nitrogens with one attached hydrogen (secondary N) is 1. The van der Waals surface area contributed by atoms with Crippen LogP contribution in [0.15, 0.2) is 48.8 Å². The predicted octanol–water partition coefficient (Wildman–Crippen LogP) is 3.34. The molecule has 2 heterocycles. The van der Waals surface area contributed by atoms with Crippen LogP contribution in [0.25, 0.3) is 11.4 Å². The number of rotatable bonds is 4. The minimum absolute atomic E-state index is 0.00543. The van der Waals surface area contributed by atoms with Crippen LogP contribution in [0, 0.1) is 5.82 Å². The molecule has 3 aromatic rings. The Labute approximate surface area is 131 Å². The van der Waals surface area contributed by atoms with E-state index in [2.05, 4.69) is 25.3 Å². The van der Waals surface area contributed by atoms with Crippen molar-refractivity contribution in [1.82, 2.24) is 19.9 Å². The van der Waals surface area contributed by atoms with Gasteiger partial charge in [0.25, 0.3) is 0 Å². The quantitative estimate of drug-likeness (QED) is 0.748. The van der Waals surface area contributed by atoms with Gasteiger partial charge in [0.05, 0.1) is 12.7 Å². The van der Waals surface area contributed by atoms with Crippen LogP contribution in [0.5, 0.6) is 0 Å². The van der Waals surface area contributed by atoms with Crippen LogP contribution in [0.1, 0.15) is 5.69 Å². The Balaban J connectivity index is 1.77. The molecule has 0 saturated carbocycles. The third-order valence-corrected chi connectivity index (χ3v) is 3.09. The van der Waals surface area contributed by atoms with Gasteiger partial charge in [-0.1, -0.05) is 30.3 Å². The van der Waals surface area contributed by atoms with Crippen molar-refractivity contribution < 1.29 is 4.39 Å². The number of halogens is 2. The molecule has 0 amide bonds. The van der Waals surface area contributed by atoms with Gasteiger partial charge < -0.3 is 5.32 Å². The SMILES string of the molecule is Fc1cnc(Cl)nc1CNc1ccnc(-c2ccccc2)n1. The monoisotopic (exact) mass is 315 g/mol. The molecular formula is C15H11ClFN5. The molecule has 1 aromatic carbocycles. The Morgan fingerprint density at radius 1 is 1.05 bits per heavy atom. The Morgan fingerprint density at radius 2 is 1.86 bits per heavy atom. The van der Waals surface area contributed by atoms with Gasteiger partial charge in [-0.2, -0.15) is 0 Å². The molecule has 0 aliphatic rings. The second-order valence-corrected chi connectivity index (χ2v) is 4.76. The minimum Gasteiger partial charge on any atom is -0.364 e.